The number of nitrogens with one attached hydrogen (secondary N) is 2. The van der Waals surface area contributed by atoms with Crippen molar-refractivity contribution >= 4 is 23.3 Å². The third-order valence-electron chi connectivity index (χ3n) is 9.68. The highest BCUT2D eigenvalue weighted by molar-refractivity contribution is 5.97. The summed E-state index contributed by atoms with van der Waals surface area (Å²) in [5, 5.41) is 3.02. The van der Waals surface area contributed by atoms with E-state index in [9.17, 15) is 14.4 Å². The second kappa shape index (κ2) is 14.3. The second-order valence-electron chi connectivity index (χ2n) is 14.4. The Morgan fingerprint density at radius 3 is 2.36 bits per heavy atom. The Bertz CT molecular complexity index is 1930. The van der Waals surface area contributed by atoms with Gasteiger partial charge in [0, 0.05) is 103 Å². The van der Waals surface area contributed by atoms with Crippen LogP contribution in [0.15, 0.2) is 47.5 Å². The van der Waals surface area contributed by atoms with Crippen molar-refractivity contribution in [3.8, 4) is 11.1 Å². The average molecular weight is 684 g/mol. The number of carbonyl (C=O) groups is 2. The summed E-state index contributed by atoms with van der Waals surface area (Å²) in [7, 11) is 0. The molecule has 266 valence electrons. The Balaban J connectivity index is 1.26. The lowest BCUT2D eigenvalue weighted by molar-refractivity contribution is 0.0187. The lowest BCUT2D eigenvalue weighted by Crippen LogP contribution is -2.50. The van der Waals surface area contributed by atoms with E-state index in [1.807, 2.05) is 65.9 Å². The van der Waals surface area contributed by atoms with Crippen LogP contribution in [0.3, 0.4) is 0 Å². The van der Waals surface area contributed by atoms with Crippen molar-refractivity contribution < 1.29 is 19.1 Å². The second-order valence-corrected chi connectivity index (χ2v) is 14.4. The summed E-state index contributed by atoms with van der Waals surface area (Å²) in [5.41, 5.74) is 6.85. The molecule has 6 rings (SSSR count). The number of amides is 2. The van der Waals surface area contributed by atoms with Gasteiger partial charge in [0.15, 0.2) is 0 Å². The molecule has 0 bridgehead atoms. The van der Waals surface area contributed by atoms with Gasteiger partial charge in [-0.3, -0.25) is 14.5 Å². The molecule has 4 aromatic rings. The summed E-state index contributed by atoms with van der Waals surface area (Å²) in [5.74, 6) is 0.640. The molecule has 2 aliphatic heterocycles. The number of nitrogens with zero attached hydrogens (tertiary/aromatic N) is 5. The van der Waals surface area contributed by atoms with Crippen LogP contribution < -0.4 is 15.8 Å². The molecule has 2 amide bonds. The standard InChI is InChI=1S/C38H49N7O5/c1-24-18-25(2)41-36(47)32(24)22-40-35(46)31-20-30-19-29(23-45(30)34(26(31)3)27(4)42-14-16-49-17-15-42)28-8-9-33(39-21-28)43-10-12-44(13-11-43)37(48)50-38(5,6)7/h8-9,18-21,23,27H,10-17,22H2,1-7H3,(H,40,46)(H,41,47). The lowest BCUT2D eigenvalue weighted by Gasteiger charge is -2.36. The van der Waals surface area contributed by atoms with Crippen LogP contribution in [-0.2, 0) is 16.0 Å². The maximum Gasteiger partial charge on any atom is 0.410 e. The number of anilines is 1. The summed E-state index contributed by atoms with van der Waals surface area (Å²) in [4.78, 5) is 52.9. The number of aromatic amines is 1. The fourth-order valence-corrected chi connectivity index (χ4v) is 6.97. The maximum atomic E-state index is 13.8. The molecule has 4 aromatic heterocycles. The Morgan fingerprint density at radius 1 is 1.00 bits per heavy atom. The Kier molecular flexibility index (Phi) is 10.0. The molecule has 0 spiro atoms. The van der Waals surface area contributed by atoms with Gasteiger partial charge in [-0.15, -0.1) is 0 Å². The van der Waals surface area contributed by atoms with Gasteiger partial charge in [-0.2, -0.15) is 0 Å². The Hall–Kier alpha value is -4.68. The molecule has 2 aliphatic rings. The first-order valence-corrected chi connectivity index (χ1v) is 17.4. The van der Waals surface area contributed by atoms with Crippen molar-refractivity contribution in [2.75, 3.05) is 57.4 Å². The minimum atomic E-state index is -0.522. The number of aromatic nitrogens is 3. The van der Waals surface area contributed by atoms with Crippen molar-refractivity contribution in [1.82, 2.24) is 29.5 Å². The molecule has 0 radical (unpaired) electrons. The van der Waals surface area contributed by atoms with Crippen LogP contribution in [0.25, 0.3) is 16.6 Å². The number of ether oxygens (including phenoxy) is 2. The quantitative estimate of drug-likeness (QED) is 0.279. The number of H-pyrrole nitrogens is 1. The first-order valence-electron chi connectivity index (χ1n) is 17.4. The summed E-state index contributed by atoms with van der Waals surface area (Å²) in [6.07, 6.45) is 3.73. The minimum absolute atomic E-state index is 0.0245. The van der Waals surface area contributed by atoms with E-state index < -0.39 is 5.60 Å². The summed E-state index contributed by atoms with van der Waals surface area (Å²) >= 11 is 0. The molecule has 0 saturated carbocycles. The number of pyridine rings is 3. The van der Waals surface area contributed by atoms with Gasteiger partial charge in [-0.1, -0.05) is 0 Å². The van der Waals surface area contributed by atoms with E-state index in [-0.39, 0.29) is 30.1 Å². The number of fused-ring (bicyclic) bond motifs is 1. The third kappa shape index (κ3) is 7.56. The molecule has 12 heteroatoms. The van der Waals surface area contributed by atoms with E-state index in [0.29, 0.717) is 50.5 Å². The van der Waals surface area contributed by atoms with Crippen molar-refractivity contribution in [2.45, 2.75) is 66.7 Å². The topological polar surface area (TPSA) is 125 Å². The van der Waals surface area contributed by atoms with Crippen LogP contribution in [0.5, 0.6) is 0 Å². The first kappa shape index (κ1) is 35.2. The predicted molar refractivity (Wildman–Crippen MR) is 194 cm³/mol. The van der Waals surface area contributed by atoms with Crippen LogP contribution in [0.1, 0.15) is 72.2 Å². The van der Waals surface area contributed by atoms with E-state index in [1.54, 1.807) is 4.90 Å². The molecule has 12 nitrogen and oxygen atoms in total. The molecule has 0 aliphatic carbocycles. The number of carbonyl (C=O) groups excluding carboxylic acids is 2. The number of piperazine rings is 1. The van der Waals surface area contributed by atoms with Gasteiger partial charge in [0.25, 0.3) is 11.5 Å². The van der Waals surface area contributed by atoms with E-state index in [0.717, 1.165) is 58.1 Å². The summed E-state index contributed by atoms with van der Waals surface area (Å²) in [6, 6.07) is 10.1. The van der Waals surface area contributed by atoms with E-state index >= 15 is 0 Å². The van der Waals surface area contributed by atoms with Gasteiger partial charge in [-0.25, -0.2) is 9.78 Å². The van der Waals surface area contributed by atoms with Crippen molar-refractivity contribution in [3.05, 3.63) is 86.7 Å². The summed E-state index contributed by atoms with van der Waals surface area (Å²) in [6.45, 7) is 19.1. The van der Waals surface area contributed by atoms with Gasteiger partial charge in [0.05, 0.1) is 13.2 Å². The van der Waals surface area contributed by atoms with Gasteiger partial charge in [-0.05, 0) is 89.9 Å². The lowest BCUT2D eigenvalue weighted by atomic mass is 10.0. The minimum Gasteiger partial charge on any atom is -0.444 e. The van der Waals surface area contributed by atoms with Crippen LogP contribution in [0.4, 0.5) is 10.6 Å². The molecule has 2 fully saturated rings. The molecule has 6 heterocycles. The Morgan fingerprint density at radius 2 is 1.72 bits per heavy atom. The molecular weight excluding hydrogens is 634 g/mol. The van der Waals surface area contributed by atoms with Crippen LogP contribution in [0, 0.1) is 20.8 Å². The van der Waals surface area contributed by atoms with E-state index in [1.165, 1.54) is 0 Å². The molecule has 0 aromatic carbocycles. The highest BCUT2D eigenvalue weighted by Gasteiger charge is 2.28. The smallest absolute Gasteiger partial charge is 0.410 e. The van der Waals surface area contributed by atoms with Crippen molar-refractivity contribution in [2.24, 2.45) is 0 Å². The number of rotatable bonds is 7. The molecule has 50 heavy (non-hydrogen) atoms. The zero-order chi connectivity index (χ0) is 35.7. The maximum absolute atomic E-state index is 13.8. The van der Waals surface area contributed by atoms with Crippen LogP contribution >= 0.6 is 0 Å². The van der Waals surface area contributed by atoms with Gasteiger partial charge in [0.2, 0.25) is 0 Å². The fraction of sp³-hybridized carbons (Fsp3) is 0.474. The zero-order valence-corrected chi connectivity index (χ0v) is 30.3. The highest BCUT2D eigenvalue weighted by Crippen LogP contribution is 2.32. The fourth-order valence-electron chi connectivity index (χ4n) is 6.97. The predicted octanol–water partition coefficient (Wildman–Crippen LogP) is 5.00. The van der Waals surface area contributed by atoms with Gasteiger partial charge >= 0.3 is 6.09 Å². The number of hydrogen-bond donors (Lipinski definition) is 2. The van der Waals surface area contributed by atoms with E-state index in [4.69, 9.17) is 14.5 Å². The third-order valence-corrected chi connectivity index (χ3v) is 9.68. The molecular formula is C38H49N7O5. The SMILES string of the molecule is Cc1cc(C)c(CNC(=O)c2cc3cc(-c4ccc(N5CCN(C(=O)OC(C)(C)C)CC5)nc4)cn3c(C(C)N3CCOCC3)c2C)c(=O)[nH]1. The van der Waals surface area contributed by atoms with Crippen molar-refractivity contribution in [3.63, 3.8) is 0 Å². The van der Waals surface area contributed by atoms with Crippen LogP contribution in [-0.4, -0.2) is 94.3 Å². The van der Waals surface area contributed by atoms with E-state index in [2.05, 4.69) is 49.8 Å². The molecule has 2 saturated heterocycles. The van der Waals surface area contributed by atoms with Crippen LogP contribution in [0.2, 0.25) is 0 Å². The number of morpholine rings is 1. The average Bonchev–Trinajstić information content (AvgIpc) is 3.51. The number of aryl methyl sites for hydroxylation is 2. The molecule has 1 atom stereocenters. The van der Waals surface area contributed by atoms with Gasteiger partial charge in [0.1, 0.15) is 11.4 Å². The first-order chi connectivity index (χ1) is 23.8. The van der Waals surface area contributed by atoms with Crippen molar-refractivity contribution in [1.29, 1.82) is 0 Å². The Labute approximate surface area is 293 Å². The normalized spacial score (nSPS) is 16.5. The molecule has 2 N–H and O–H groups in total. The largest absolute Gasteiger partial charge is 0.444 e. The van der Waals surface area contributed by atoms with Gasteiger partial charge < -0.3 is 34.0 Å². The molecule has 1 unspecified atom stereocenters. The zero-order valence-electron chi connectivity index (χ0n) is 30.3. The summed E-state index contributed by atoms with van der Waals surface area (Å²) < 4.78 is 13.4. The number of hydrogen-bond acceptors (Lipinski definition) is 8. The highest BCUT2D eigenvalue weighted by atomic mass is 16.6. The monoisotopic (exact) mass is 683 g/mol.